The van der Waals surface area contributed by atoms with Gasteiger partial charge in [0.15, 0.2) is 0 Å². The molecule has 2 aliphatic heterocycles. The third-order valence-corrected chi connectivity index (χ3v) is 6.85. The Balaban J connectivity index is 1.12. The number of nitrogens with zero attached hydrogens (tertiary/aromatic N) is 4. The topological polar surface area (TPSA) is 39.7 Å². The molecule has 3 heterocycles. The summed E-state index contributed by atoms with van der Waals surface area (Å²) < 4.78 is 0. The van der Waals surface area contributed by atoms with Gasteiger partial charge in [0.05, 0.1) is 0 Å². The lowest BCUT2D eigenvalue weighted by atomic mass is 10.1. The first-order valence-electron chi connectivity index (χ1n) is 12.0. The molecule has 5 heteroatoms. The monoisotopic (exact) mass is 428 g/mol. The van der Waals surface area contributed by atoms with E-state index in [0.717, 1.165) is 76.5 Å². The largest absolute Gasteiger partial charge is 0.354 e. The summed E-state index contributed by atoms with van der Waals surface area (Å²) in [6.07, 6.45) is 6.73. The molecule has 1 amide bonds. The smallest absolute Gasteiger partial charge is 0.226 e. The fourth-order valence-electron chi connectivity index (χ4n) is 5.07. The highest BCUT2D eigenvalue weighted by atomic mass is 16.2. The maximum Gasteiger partial charge on any atom is 0.226 e. The van der Waals surface area contributed by atoms with Crippen LogP contribution in [0.4, 0.5) is 11.5 Å². The van der Waals surface area contributed by atoms with Crippen molar-refractivity contribution in [1.29, 1.82) is 0 Å². The van der Waals surface area contributed by atoms with E-state index in [1.807, 2.05) is 11.1 Å². The van der Waals surface area contributed by atoms with E-state index < -0.39 is 0 Å². The Morgan fingerprint density at radius 1 is 0.812 bits per heavy atom. The van der Waals surface area contributed by atoms with Crippen molar-refractivity contribution in [2.45, 2.75) is 32.1 Å². The Bertz CT molecular complexity index is 1070. The van der Waals surface area contributed by atoms with E-state index in [-0.39, 0.29) is 5.91 Å². The summed E-state index contributed by atoms with van der Waals surface area (Å²) >= 11 is 0. The van der Waals surface area contributed by atoms with E-state index in [9.17, 15) is 4.79 Å². The zero-order chi connectivity index (χ0) is 21.8. The predicted octanol–water partition coefficient (Wildman–Crippen LogP) is 4.51. The molecule has 0 spiro atoms. The van der Waals surface area contributed by atoms with Gasteiger partial charge in [-0.2, -0.15) is 0 Å². The molecule has 0 bridgehead atoms. The quantitative estimate of drug-likeness (QED) is 0.542. The lowest BCUT2D eigenvalue weighted by Crippen LogP contribution is -2.47. The summed E-state index contributed by atoms with van der Waals surface area (Å²) in [6.45, 7) is 6.08. The van der Waals surface area contributed by atoms with Crippen LogP contribution in [0.15, 0.2) is 60.8 Å². The summed E-state index contributed by atoms with van der Waals surface area (Å²) in [5, 5.41) is 2.50. The molecule has 5 nitrogen and oxygen atoms in total. The van der Waals surface area contributed by atoms with Crippen LogP contribution in [-0.2, 0) is 11.2 Å². The highest BCUT2D eigenvalue weighted by molar-refractivity contribution is 5.95. The molecule has 5 rings (SSSR count). The molecule has 2 aliphatic rings. The van der Waals surface area contributed by atoms with Gasteiger partial charge < -0.3 is 9.80 Å². The van der Waals surface area contributed by atoms with E-state index in [1.165, 1.54) is 16.3 Å². The molecular formula is C27H32N4O. The first-order valence-corrected chi connectivity index (χ1v) is 12.0. The number of piperazine rings is 1. The second-order valence-corrected chi connectivity index (χ2v) is 8.92. The molecule has 0 unspecified atom stereocenters. The Kier molecular flexibility index (Phi) is 6.35. The highest BCUT2D eigenvalue weighted by Gasteiger charge is 2.22. The number of carbonyl (C=O) groups is 1. The van der Waals surface area contributed by atoms with Gasteiger partial charge in [-0.15, -0.1) is 0 Å². The van der Waals surface area contributed by atoms with Gasteiger partial charge in [0, 0.05) is 56.4 Å². The third-order valence-electron chi connectivity index (χ3n) is 6.85. The fourth-order valence-corrected chi connectivity index (χ4v) is 5.07. The third kappa shape index (κ3) is 4.49. The molecular weight excluding hydrogens is 396 g/mol. The molecule has 2 aromatic carbocycles. The number of aromatic nitrogens is 1. The summed E-state index contributed by atoms with van der Waals surface area (Å²) in [5.41, 5.74) is 2.45. The van der Waals surface area contributed by atoms with Crippen LogP contribution in [0.25, 0.3) is 10.8 Å². The summed E-state index contributed by atoms with van der Waals surface area (Å²) in [7, 11) is 0. The minimum Gasteiger partial charge on any atom is -0.354 e. The number of hydrogen-bond acceptors (Lipinski definition) is 4. The molecule has 0 aliphatic carbocycles. The van der Waals surface area contributed by atoms with Crippen LogP contribution in [0, 0.1) is 0 Å². The molecule has 1 aromatic heterocycles. The Morgan fingerprint density at radius 3 is 2.50 bits per heavy atom. The van der Waals surface area contributed by atoms with E-state index >= 15 is 0 Å². The van der Waals surface area contributed by atoms with E-state index in [0.29, 0.717) is 6.42 Å². The van der Waals surface area contributed by atoms with Crippen LogP contribution in [0.2, 0.25) is 0 Å². The predicted molar refractivity (Wildman–Crippen MR) is 131 cm³/mol. The molecule has 166 valence electrons. The number of pyridine rings is 1. The minimum atomic E-state index is 0.283. The van der Waals surface area contributed by atoms with Crippen LogP contribution in [-0.4, -0.2) is 55.1 Å². The normalized spacial score (nSPS) is 17.4. The molecule has 1 fully saturated rings. The van der Waals surface area contributed by atoms with Crippen molar-refractivity contribution in [2.75, 3.05) is 49.1 Å². The molecule has 0 saturated carbocycles. The minimum absolute atomic E-state index is 0.283. The number of unbranched alkanes of at least 4 members (excludes halogenated alkanes) is 1. The van der Waals surface area contributed by atoms with Crippen molar-refractivity contribution < 1.29 is 4.79 Å². The Morgan fingerprint density at radius 2 is 1.59 bits per heavy atom. The number of fused-ring (bicyclic) bond motifs is 2. The van der Waals surface area contributed by atoms with Gasteiger partial charge >= 0.3 is 0 Å². The number of benzene rings is 2. The molecule has 32 heavy (non-hydrogen) atoms. The number of anilines is 2. The van der Waals surface area contributed by atoms with E-state index in [2.05, 4.69) is 69.4 Å². The van der Waals surface area contributed by atoms with Crippen LogP contribution >= 0.6 is 0 Å². The second kappa shape index (κ2) is 9.70. The zero-order valence-corrected chi connectivity index (χ0v) is 18.7. The summed E-state index contributed by atoms with van der Waals surface area (Å²) in [6, 6.07) is 19.0. The average Bonchev–Trinajstić information content (AvgIpc) is 3.00. The van der Waals surface area contributed by atoms with Gasteiger partial charge in [0.1, 0.15) is 5.82 Å². The number of amides is 1. The van der Waals surface area contributed by atoms with E-state index in [4.69, 9.17) is 0 Å². The summed E-state index contributed by atoms with van der Waals surface area (Å²) in [5.74, 6) is 1.40. The summed E-state index contributed by atoms with van der Waals surface area (Å²) in [4.78, 5) is 24.3. The maximum atomic E-state index is 12.6. The van der Waals surface area contributed by atoms with Crippen molar-refractivity contribution >= 4 is 28.2 Å². The van der Waals surface area contributed by atoms with Crippen LogP contribution < -0.4 is 9.80 Å². The first kappa shape index (κ1) is 21.0. The standard InChI is InChI=1S/C27H32N4O/c32-26-13-7-10-23-9-2-4-12-25(23)31(26)17-6-5-16-29-18-20-30(21-19-29)27-24-11-3-1-8-22(24)14-15-28-27/h1-4,8-9,11-12,14-15H,5-7,10,13,16-21H2. The van der Waals surface area contributed by atoms with Crippen molar-refractivity contribution in [1.82, 2.24) is 9.88 Å². The molecule has 0 N–H and O–H groups in total. The molecule has 0 radical (unpaired) electrons. The van der Waals surface area contributed by atoms with Crippen LogP contribution in [0.1, 0.15) is 31.2 Å². The van der Waals surface area contributed by atoms with Gasteiger partial charge in [-0.25, -0.2) is 4.98 Å². The number of para-hydroxylation sites is 1. The van der Waals surface area contributed by atoms with Crippen molar-refractivity contribution in [3.05, 3.63) is 66.4 Å². The average molecular weight is 429 g/mol. The maximum absolute atomic E-state index is 12.6. The van der Waals surface area contributed by atoms with Gasteiger partial charge in [-0.3, -0.25) is 9.69 Å². The SMILES string of the molecule is O=C1CCCc2ccccc2N1CCCCN1CCN(c2nccc3ccccc23)CC1. The van der Waals surface area contributed by atoms with E-state index in [1.54, 1.807) is 0 Å². The lowest BCUT2D eigenvalue weighted by Gasteiger charge is -2.36. The van der Waals surface area contributed by atoms with Crippen molar-refractivity contribution in [2.24, 2.45) is 0 Å². The second-order valence-electron chi connectivity index (χ2n) is 8.92. The number of hydrogen-bond donors (Lipinski definition) is 0. The fraction of sp³-hybridized carbons (Fsp3) is 0.407. The lowest BCUT2D eigenvalue weighted by molar-refractivity contribution is -0.118. The first-order chi connectivity index (χ1) is 15.8. The van der Waals surface area contributed by atoms with Gasteiger partial charge in [0.25, 0.3) is 0 Å². The molecule has 1 saturated heterocycles. The van der Waals surface area contributed by atoms with Gasteiger partial charge in [-0.1, -0.05) is 42.5 Å². The van der Waals surface area contributed by atoms with Gasteiger partial charge in [0.2, 0.25) is 5.91 Å². The van der Waals surface area contributed by atoms with Crippen molar-refractivity contribution in [3.63, 3.8) is 0 Å². The van der Waals surface area contributed by atoms with Crippen LogP contribution in [0.5, 0.6) is 0 Å². The number of aryl methyl sites for hydroxylation is 1. The van der Waals surface area contributed by atoms with Gasteiger partial charge in [-0.05, 0) is 55.3 Å². The van der Waals surface area contributed by atoms with Crippen LogP contribution in [0.3, 0.4) is 0 Å². The Hall–Kier alpha value is -2.92. The molecule has 0 atom stereocenters. The zero-order valence-electron chi connectivity index (χ0n) is 18.7. The Labute approximate surface area is 190 Å². The molecule has 3 aromatic rings. The number of rotatable bonds is 6. The highest BCUT2D eigenvalue weighted by Crippen LogP contribution is 2.27. The number of carbonyl (C=O) groups excluding carboxylic acids is 1. The van der Waals surface area contributed by atoms with Crippen molar-refractivity contribution in [3.8, 4) is 0 Å².